The van der Waals surface area contributed by atoms with Gasteiger partial charge in [0, 0.05) is 31.5 Å². The number of hydrogen-bond acceptors (Lipinski definition) is 4. The molecule has 0 bridgehead atoms. The third-order valence-corrected chi connectivity index (χ3v) is 5.26. The van der Waals surface area contributed by atoms with Crippen molar-refractivity contribution >= 4 is 22.4 Å². The number of fused-ring (bicyclic) bond motifs is 1. The molecule has 132 valence electrons. The monoisotopic (exact) mass is 340 g/mol. The summed E-state index contributed by atoms with van der Waals surface area (Å²) in [6, 6.07) is 12.4. The van der Waals surface area contributed by atoms with Crippen LogP contribution in [0.15, 0.2) is 36.4 Å². The summed E-state index contributed by atoms with van der Waals surface area (Å²) in [5.41, 5.74) is 0.991. The van der Waals surface area contributed by atoms with Gasteiger partial charge in [-0.1, -0.05) is 12.1 Å². The maximum absolute atomic E-state index is 12.8. The number of nitrogens with one attached hydrogen (secondary N) is 1. The Labute approximate surface area is 147 Å². The number of rotatable bonds is 4. The molecule has 0 aromatic heterocycles. The van der Waals surface area contributed by atoms with Crippen LogP contribution >= 0.6 is 0 Å². The average Bonchev–Trinajstić information content (AvgIpc) is 3.02. The van der Waals surface area contributed by atoms with E-state index < -0.39 is 0 Å². The fraction of sp³-hybridized carbons (Fsp3) is 0.450. The second-order valence-corrected chi connectivity index (χ2v) is 6.79. The summed E-state index contributed by atoms with van der Waals surface area (Å²) < 4.78 is 10.7. The second-order valence-electron chi connectivity index (χ2n) is 6.79. The van der Waals surface area contributed by atoms with Gasteiger partial charge < -0.3 is 19.7 Å². The SMILES string of the molecule is COc1ccc2cc(NC3CCN(C4CCOCC4)C3=O)ccc2c1. The maximum atomic E-state index is 12.8. The zero-order valence-corrected chi connectivity index (χ0v) is 14.5. The molecule has 2 fully saturated rings. The number of carbonyl (C=O) groups is 1. The lowest BCUT2D eigenvalue weighted by Crippen LogP contribution is -2.43. The van der Waals surface area contributed by atoms with Gasteiger partial charge in [0.2, 0.25) is 5.91 Å². The molecular weight excluding hydrogens is 316 g/mol. The smallest absolute Gasteiger partial charge is 0.245 e. The van der Waals surface area contributed by atoms with Gasteiger partial charge in [0.25, 0.3) is 0 Å². The number of hydrogen-bond donors (Lipinski definition) is 1. The second kappa shape index (κ2) is 6.92. The highest BCUT2D eigenvalue weighted by atomic mass is 16.5. The quantitative estimate of drug-likeness (QED) is 0.929. The van der Waals surface area contributed by atoms with Crippen molar-refractivity contribution < 1.29 is 14.3 Å². The minimum absolute atomic E-state index is 0.126. The van der Waals surface area contributed by atoms with Crippen molar-refractivity contribution in [2.45, 2.75) is 31.3 Å². The Hall–Kier alpha value is -2.27. The van der Waals surface area contributed by atoms with Crippen molar-refractivity contribution in [3.8, 4) is 5.75 Å². The summed E-state index contributed by atoms with van der Waals surface area (Å²) in [7, 11) is 1.67. The lowest BCUT2D eigenvalue weighted by Gasteiger charge is -2.31. The van der Waals surface area contributed by atoms with E-state index >= 15 is 0 Å². The van der Waals surface area contributed by atoms with Crippen molar-refractivity contribution in [1.82, 2.24) is 4.90 Å². The molecule has 1 atom stereocenters. The normalized spacial score (nSPS) is 21.7. The van der Waals surface area contributed by atoms with Gasteiger partial charge in [-0.15, -0.1) is 0 Å². The predicted octanol–water partition coefficient (Wildman–Crippen LogP) is 3.04. The first kappa shape index (κ1) is 16.2. The van der Waals surface area contributed by atoms with Gasteiger partial charge >= 0.3 is 0 Å². The Balaban J connectivity index is 1.46. The number of amides is 1. The molecule has 0 saturated carbocycles. The van der Waals surface area contributed by atoms with Crippen LogP contribution in [0.5, 0.6) is 5.75 Å². The molecule has 2 saturated heterocycles. The molecule has 0 spiro atoms. The van der Waals surface area contributed by atoms with Crippen molar-refractivity contribution in [3.63, 3.8) is 0 Å². The molecule has 1 unspecified atom stereocenters. The highest BCUT2D eigenvalue weighted by Gasteiger charge is 2.36. The Kier molecular flexibility index (Phi) is 4.49. The first-order valence-corrected chi connectivity index (χ1v) is 8.97. The van der Waals surface area contributed by atoms with Crippen LogP contribution in [-0.2, 0) is 9.53 Å². The van der Waals surface area contributed by atoms with Crippen LogP contribution in [0.1, 0.15) is 19.3 Å². The van der Waals surface area contributed by atoms with E-state index in [-0.39, 0.29) is 11.9 Å². The van der Waals surface area contributed by atoms with Crippen LogP contribution in [0.2, 0.25) is 0 Å². The van der Waals surface area contributed by atoms with E-state index in [9.17, 15) is 4.79 Å². The third-order valence-electron chi connectivity index (χ3n) is 5.26. The topological polar surface area (TPSA) is 50.8 Å². The van der Waals surface area contributed by atoms with Crippen molar-refractivity contribution in [2.75, 3.05) is 32.2 Å². The average molecular weight is 340 g/mol. The van der Waals surface area contributed by atoms with Crippen LogP contribution < -0.4 is 10.1 Å². The molecule has 5 heteroatoms. The molecule has 5 nitrogen and oxygen atoms in total. The number of benzene rings is 2. The summed E-state index contributed by atoms with van der Waals surface area (Å²) in [5.74, 6) is 1.08. The lowest BCUT2D eigenvalue weighted by molar-refractivity contribution is -0.131. The number of carbonyl (C=O) groups excluding carboxylic acids is 1. The van der Waals surface area contributed by atoms with Crippen LogP contribution in [-0.4, -0.2) is 49.8 Å². The number of methoxy groups -OCH3 is 1. The first-order valence-electron chi connectivity index (χ1n) is 8.97. The summed E-state index contributed by atoms with van der Waals surface area (Å²) in [5, 5.41) is 5.69. The van der Waals surface area contributed by atoms with E-state index in [2.05, 4.69) is 17.4 Å². The molecule has 2 aliphatic rings. The van der Waals surface area contributed by atoms with E-state index in [0.717, 1.165) is 61.2 Å². The van der Waals surface area contributed by atoms with Gasteiger partial charge in [0.05, 0.1) is 7.11 Å². The molecule has 25 heavy (non-hydrogen) atoms. The van der Waals surface area contributed by atoms with Gasteiger partial charge in [0.15, 0.2) is 0 Å². The highest BCUT2D eigenvalue weighted by Crippen LogP contribution is 2.27. The summed E-state index contributed by atoms with van der Waals surface area (Å²) in [4.78, 5) is 14.8. The third kappa shape index (κ3) is 3.29. The van der Waals surface area contributed by atoms with Crippen molar-refractivity contribution in [1.29, 1.82) is 0 Å². The van der Waals surface area contributed by atoms with Crippen molar-refractivity contribution in [3.05, 3.63) is 36.4 Å². The minimum Gasteiger partial charge on any atom is -0.497 e. The van der Waals surface area contributed by atoms with E-state index in [1.165, 1.54) is 0 Å². The molecule has 0 radical (unpaired) electrons. The Morgan fingerprint density at radius 2 is 1.84 bits per heavy atom. The molecule has 2 heterocycles. The molecular formula is C20H24N2O3. The molecule has 4 rings (SSSR count). The summed E-state index contributed by atoms with van der Waals surface area (Å²) in [6.45, 7) is 2.37. The predicted molar refractivity (Wildman–Crippen MR) is 98.1 cm³/mol. The Bertz CT molecular complexity index is 771. The van der Waals surface area contributed by atoms with Crippen LogP contribution in [0.25, 0.3) is 10.8 Å². The molecule has 1 N–H and O–H groups in total. The molecule has 2 aromatic rings. The molecule has 2 aliphatic heterocycles. The first-order chi connectivity index (χ1) is 12.2. The largest absolute Gasteiger partial charge is 0.497 e. The molecule has 0 aliphatic carbocycles. The van der Waals surface area contributed by atoms with E-state index in [0.29, 0.717) is 6.04 Å². The van der Waals surface area contributed by atoms with Crippen LogP contribution in [0.4, 0.5) is 5.69 Å². The van der Waals surface area contributed by atoms with Gasteiger partial charge in [-0.05, 0) is 54.3 Å². The fourth-order valence-corrected chi connectivity index (χ4v) is 3.84. The van der Waals surface area contributed by atoms with Gasteiger partial charge in [0.1, 0.15) is 11.8 Å². The zero-order chi connectivity index (χ0) is 17.2. The number of likely N-dealkylation sites (tertiary alicyclic amines) is 1. The zero-order valence-electron chi connectivity index (χ0n) is 14.5. The van der Waals surface area contributed by atoms with Crippen LogP contribution in [0, 0.1) is 0 Å². The maximum Gasteiger partial charge on any atom is 0.245 e. The minimum atomic E-state index is -0.126. The molecule has 2 aromatic carbocycles. The standard InChI is InChI=1S/C20H24N2O3/c1-24-18-5-3-14-12-16(4-2-15(14)13-18)21-19-6-9-22(20(19)23)17-7-10-25-11-8-17/h2-5,12-13,17,19,21H,6-11H2,1H3. The van der Waals surface area contributed by atoms with Gasteiger partial charge in [-0.3, -0.25) is 4.79 Å². The van der Waals surface area contributed by atoms with Crippen LogP contribution in [0.3, 0.4) is 0 Å². The number of anilines is 1. The van der Waals surface area contributed by atoms with Gasteiger partial charge in [-0.2, -0.15) is 0 Å². The number of ether oxygens (including phenoxy) is 2. The Morgan fingerprint density at radius 1 is 1.08 bits per heavy atom. The lowest BCUT2D eigenvalue weighted by atomic mass is 10.1. The van der Waals surface area contributed by atoms with Gasteiger partial charge in [-0.25, -0.2) is 0 Å². The highest BCUT2D eigenvalue weighted by molar-refractivity contribution is 5.90. The number of nitrogens with zero attached hydrogens (tertiary/aromatic N) is 1. The van der Waals surface area contributed by atoms with E-state index in [1.807, 2.05) is 29.2 Å². The fourth-order valence-electron chi connectivity index (χ4n) is 3.84. The van der Waals surface area contributed by atoms with E-state index in [1.54, 1.807) is 7.11 Å². The van der Waals surface area contributed by atoms with Crippen molar-refractivity contribution in [2.24, 2.45) is 0 Å². The summed E-state index contributed by atoms with van der Waals surface area (Å²) >= 11 is 0. The summed E-state index contributed by atoms with van der Waals surface area (Å²) in [6.07, 6.45) is 2.77. The Morgan fingerprint density at radius 3 is 2.64 bits per heavy atom. The molecule has 1 amide bonds. The van der Waals surface area contributed by atoms with E-state index in [4.69, 9.17) is 9.47 Å².